The van der Waals surface area contributed by atoms with Crippen molar-refractivity contribution < 1.29 is 32.8 Å². The van der Waals surface area contributed by atoms with E-state index in [2.05, 4.69) is 43.6 Å². The zero-order valence-corrected chi connectivity index (χ0v) is 17.2. The first kappa shape index (κ1) is 23.7. The van der Waals surface area contributed by atoms with Crippen molar-refractivity contribution in [2.45, 2.75) is 13.0 Å². The Balaban J connectivity index is 2.21. The predicted octanol–water partition coefficient (Wildman–Crippen LogP) is 1.80. The number of rotatable bonds is 17. The van der Waals surface area contributed by atoms with Crippen LogP contribution in [0.5, 0.6) is 0 Å². The Labute approximate surface area is 162 Å². The summed E-state index contributed by atoms with van der Waals surface area (Å²) in [6.07, 6.45) is 2.55. The van der Waals surface area contributed by atoms with Crippen LogP contribution in [0.4, 0.5) is 0 Å². The second-order valence-corrected chi connectivity index (χ2v) is 7.13. The van der Waals surface area contributed by atoms with Gasteiger partial charge < -0.3 is 14.6 Å². The van der Waals surface area contributed by atoms with Gasteiger partial charge in [0.15, 0.2) is 0 Å². The van der Waals surface area contributed by atoms with E-state index in [1.54, 1.807) is 0 Å². The molecule has 10 heteroatoms. The summed E-state index contributed by atoms with van der Waals surface area (Å²) in [4.78, 5) is 15.9. The Kier molecular flexibility index (Phi) is 12.9. The van der Waals surface area contributed by atoms with Gasteiger partial charge in [0.2, 0.25) is 0 Å². The third kappa shape index (κ3) is 9.96. The summed E-state index contributed by atoms with van der Waals surface area (Å²) in [7, 11) is 0.286. The molecule has 0 aliphatic heterocycles. The summed E-state index contributed by atoms with van der Waals surface area (Å²) < 4.78 is 20.3. The number of hydrogen-bond donors (Lipinski definition) is 1. The molecular formula is C17H30N2O7Si. The molecule has 0 spiro atoms. The van der Waals surface area contributed by atoms with Crippen molar-refractivity contribution in [1.82, 2.24) is 10.2 Å². The van der Waals surface area contributed by atoms with Crippen LogP contribution < -0.4 is 5.32 Å². The number of benzene rings is 1. The third-order valence-electron chi connectivity index (χ3n) is 3.40. The highest BCUT2D eigenvalue weighted by Crippen LogP contribution is 2.13. The van der Waals surface area contributed by atoms with Gasteiger partial charge in [-0.3, -0.25) is 0 Å². The number of nitrogens with zero attached hydrogens (tertiary/aromatic N) is 1. The van der Waals surface area contributed by atoms with Crippen molar-refractivity contribution in [2.75, 3.05) is 47.6 Å². The first-order valence-electron chi connectivity index (χ1n) is 8.60. The molecule has 0 aliphatic carbocycles. The van der Waals surface area contributed by atoms with Gasteiger partial charge in [0, 0.05) is 26.2 Å². The number of nitrogens with one attached hydrogen (secondary N) is 1. The van der Waals surface area contributed by atoms with Crippen molar-refractivity contribution in [1.29, 1.82) is 0 Å². The topological polar surface area (TPSA) is 79.9 Å². The molecule has 0 atom stereocenters. The van der Waals surface area contributed by atoms with Gasteiger partial charge in [0.1, 0.15) is 0 Å². The van der Waals surface area contributed by atoms with Crippen LogP contribution >= 0.6 is 0 Å². The molecule has 1 rings (SSSR count). The van der Waals surface area contributed by atoms with Crippen molar-refractivity contribution >= 4 is 9.05 Å². The SMILES string of the molecule is C=CN(CCNCCCO[Si](OOC)(OOC)OOC)Cc1ccccc1. The molecule has 0 bridgehead atoms. The molecule has 0 heterocycles. The maximum Gasteiger partial charge on any atom is 0.764 e. The van der Waals surface area contributed by atoms with E-state index in [0.717, 1.165) is 26.2 Å². The van der Waals surface area contributed by atoms with Crippen LogP contribution in [-0.2, 0) is 39.4 Å². The van der Waals surface area contributed by atoms with E-state index in [0.29, 0.717) is 13.0 Å². The smallest absolute Gasteiger partial charge is 0.372 e. The van der Waals surface area contributed by atoms with E-state index in [-0.39, 0.29) is 0 Å². The van der Waals surface area contributed by atoms with E-state index in [9.17, 15) is 0 Å². The average molecular weight is 403 g/mol. The van der Waals surface area contributed by atoms with E-state index in [1.165, 1.54) is 26.9 Å². The lowest BCUT2D eigenvalue weighted by Crippen LogP contribution is -2.49. The minimum Gasteiger partial charge on any atom is -0.372 e. The Morgan fingerprint density at radius 3 is 2.19 bits per heavy atom. The molecule has 0 radical (unpaired) electrons. The van der Waals surface area contributed by atoms with Crippen LogP contribution in [0.15, 0.2) is 43.1 Å². The highest BCUT2D eigenvalue weighted by atomic mass is 28.4. The third-order valence-corrected chi connectivity index (χ3v) is 5.07. The Morgan fingerprint density at radius 1 is 1.00 bits per heavy atom. The molecule has 154 valence electrons. The summed E-state index contributed by atoms with van der Waals surface area (Å²) in [6.45, 7) is 7.43. The lowest BCUT2D eigenvalue weighted by Gasteiger charge is -2.22. The summed E-state index contributed by atoms with van der Waals surface area (Å²) >= 11 is 0. The predicted molar refractivity (Wildman–Crippen MR) is 101 cm³/mol. The largest absolute Gasteiger partial charge is 0.764 e. The summed E-state index contributed by atoms with van der Waals surface area (Å²) in [5, 5.41) is 3.35. The van der Waals surface area contributed by atoms with Crippen LogP contribution in [0, 0.1) is 0 Å². The molecule has 0 aliphatic rings. The van der Waals surface area contributed by atoms with Crippen LogP contribution in [0.2, 0.25) is 0 Å². The molecule has 1 aromatic rings. The van der Waals surface area contributed by atoms with Gasteiger partial charge >= 0.3 is 9.05 Å². The van der Waals surface area contributed by atoms with Gasteiger partial charge in [-0.25, -0.2) is 14.7 Å². The van der Waals surface area contributed by atoms with Gasteiger partial charge in [0.25, 0.3) is 0 Å². The van der Waals surface area contributed by atoms with Gasteiger partial charge in [-0.1, -0.05) is 36.9 Å². The van der Waals surface area contributed by atoms with Crippen molar-refractivity contribution in [2.24, 2.45) is 0 Å². The highest BCUT2D eigenvalue weighted by molar-refractivity contribution is 6.52. The molecule has 0 fully saturated rings. The highest BCUT2D eigenvalue weighted by Gasteiger charge is 2.51. The van der Waals surface area contributed by atoms with Crippen LogP contribution in [-0.4, -0.2) is 61.5 Å². The maximum atomic E-state index is 5.51. The lowest BCUT2D eigenvalue weighted by molar-refractivity contribution is -0.370. The minimum atomic E-state index is -3.65. The molecule has 9 nitrogen and oxygen atoms in total. The first-order valence-corrected chi connectivity index (χ1v) is 10.2. The molecule has 0 saturated carbocycles. The fourth-order valence-corrected chi connectivity index (χ4v) is 3.45. The van der Waals surface area contributed by atoms with Crippen LogP contribution in [0.25, 0.3) is 0 Å². The average Bonchev–Trinajstić information content (AvgIpc) is 2.67. The summed E-state index contributed by atoms with van der Waals surface area (Å²) in [5.41, 5.74) is 1.25. The van der Waals surface area contributed by atoms with Crippen LogP contribution in [0.1, 0.15) is 12.0 Å². The zero-order valence-electron chi connectivity index (χ0n) is 16.2. The Hall–Kier alpha value is -1.34. The number of hydrogen-bond acceptors (Lipinski definition) is 9. The fraction of sp³-hybridized carbons (Fsp3) is 0.529. The minimum absolute atomic E-state index is 0.310. The molecular weight excluding hydrogens is 372 g/mol. The second kappa shape index (κ2) is 14.7. The van der Waals surface area contributed by atoms with E-state index in [1.807, 2.05) is 24.4 Å². The second-order valence-electron chi connectivity index (χ2n) is 5.34. The van der Waals surface area contributed by atoms with E-state index < -0.39 is 9.05 Å². The van der Waals surface area contributed by atoms with Crippen molar-refractivity contribution in [3.05, 3.63) is 48.7 Å². The first-order chi connectivity index (χ1) is 13.2. The lowest BCUT2D eigenvalue weighted by atomic mass is 10.2. The quantitative estimate of drug-likeness (QED) is 0.182. The summed E-state index contributed by atoms with van der Waals surface area (Å²) in [6, 6.07) is 10.3. The molecule has 27 heavy (non-hydrogen) atoms. The van der Waals surface area contributed by atoms with Gasteiger partial charge in [0.05, 0.1) is 21.3 Å². The molecule has 1 N–H and O–H groups in total. The fourth-order valence-electron chi connectivity index (χ4n) is 2.21. The maximum absolute atomic E-state index is 5.51. The summed E-state index contributed by atoms with van der Waals surface area (Å²) in [5.74, 6) is 0. The molecule has 0 aromatic heterocycles. The van der Waals surface area contributed by atoms with E-state index in [4.69, 9.17) is 18.2 Å². The van der Waals surface area contributed by atoms with Gasteiger partial charge in [-0.05, 0) is 24.7 Å². The molecule has 0 unspecified atom stereocenters. The normalized spacial score (nSPS) is 11.5. The van der Waals surface area contributed by atoms with Crippen molar-refractivity contribution in [3.8, 4) is 0 Å². The monoisotopic (exact) mass is 402 g/mol. The molecule has 0 amide bonds. The van der Waals surface area contributed by atoms with Crippen LogP contribution in [0.3, 0.4) is 0 Å². The molecule has 0 saturated heterocycles. The van der Waals surface area contributed by atoms with Gasteiger partial charge in [-0.2, -0.15) is 13.7 Å². The molecule has 1 aromatic carbocycles. The Bertz CT molecular complexity index is 478. The van der Waals surface area contributed by atoms with Gasteiger partial charge in [-0.15, -0.1) is 0 Å². The Morgan fingerprint density at radius 2 is 1.63 bits per heavy atom. The van der Waals surface area contributed by atoms with Crippen molar-refractivity contribution in [3.63, 3.8) is 0 Å². The standard InChI is InChI=1S/C17H30N2O7Si/c1-5-19(16-17-10-7-6-8-11-17)14-13-18-12-9-15-23-27(24-20-2,25-21-3)26-22-4/h5-8,10-11,18H,1,9,12-16H2,2-4H3. The van der Waals surface area contributed by atoms with E-state index >= 15 is 0 Å². The zero-order chi connectivity index (χ0) is 19.8.